The van der Waals surface area contributed by atoms with Crippen LogP contribution in [-0.2, 0) is 19.0 Å². The van der Waals surface area contributed by atoms with E-state index in [2.05, 4.69) is 10.6 Å². The van der Waals surface area contributed by atoms with Crippen molar-refractivity contribution in [2.75, 3.05) is 33.0 Å². The summed E-state index contributed by atoms with van der Waals surface area (Å²) in [6.45, 7) is 5.79. The van der Waals surface area contributed by atoms with Crippen LogP contribution in [0.4, 0.5) is 4.79 Å². The van der Waals surface area contributed by atoms with Gasteiger partial charge in [0.05, 0.1) is 38.0 Å². The fraction of sp³-hybridized carbons (Fsp3) is 0.474. The van der Waals surface area contributed by atoms with Crippen molar-refractivity contribution in [1.29, 1.82) is 0 Å². The van der Waals surface area contributed by atoms with Crippen molar-refractivity contribution in [3.8, 4) is 5.75 Å². The van der Waals surface area contributed by atoms with Gasteiger partial charge in [-0.1, -0.05) is 12.1 Å². The predicted molar refractivity (Wildman–Crippen MR) is 96.2 cm³/mol. The number of hydrogen-bond donors (Lipinski definition) is 2. The number of allylic oxidation sites excluding steroid dienone is 1. The summed E-state index contributed by atoms with van der Waals surface area (Å²) in [6, 6.07) is 6.28. The van der Waals surface area contributed by atoms with Crippen LogP contribution in [0.2, 0.25) is 0 Å². The molecular formula is C19H24N2O6. The van der Waals surface area contributed by atoms with Gasteiger partial charge in [0.25, 0.3) is 0 Å². The van der Waals surface area contributed by atoms with E-state index in [1.54, 1.807) is 26.0 Å². The highest BCUT2D eigenvalue weighted by molar-refractivity contribution is 5.95. The summed E-state index contributed by atoms with van der Waals surface area (Å²) in [7, 11) is 0. The maximum Gasteiger partial charge on any atom is 0.338 e. The Balaban J connectivity index is 1.71. The average Bonchev–Trinajstić information content (AvgIpc) is 2.67. The van der Waals surface area contributed by atoms with Gasteiger partial charge in [-0.3, -0.25) is 0 Å². The molecule has 2 amide bonds. The number of benzene rings is 1. The third kappa shape index (κ3) is 4.78. The fourth-order valence-corrected chi connectivity index (χ4v) is 3.00. The fourth-order valence-electron chi connectivity index (χ4n) is 3.00. The Morgan fingerprint density at radius 2 is 2.04 bits per heavy atom. The van der Waals surface area contributed by atoms with Crippen molar-refractivity contribution in [2.24, 2.45) is 0 Å². The van der Waals surface area contributed by atoms with Crippen LogP contribution in [0.25, 0.3) is 0 Å². The molecule has 0 aliphatic carbocycles. The zero-order valence-corrected chi connectivity index (χ0v) is 15.4. The molecule has 0 bridgehead atoms. The Kier molecular flexibility index (Phi) is 6.31. The van der Waals surface area contributed by atoms with Crippen molar-refractivity contribution in [3.05, 3.63) is 41.1 Å². The van der Waals surface area contributed by atoms with E-state index >= 15 is 0 Å². The largest absolute Gasteiger partial charge is 0.491 e. The van der Waals surface area contributed by atoms with Crippen LogP contribution in [0.3, 0.4) is 0 Å². The molecule has 0 aromatic heterocycles. The minimum atomic E-state index is -0.582. The zero-order valence-electron chi connectivity index (χ0n) is 15.4. The van der Waals surface area contributed by atoms with Gasteiger partial charge >= 0.3 is 12.0 Å². The summed E-state index contributed by atoms with van der Waals surface area (Å²) >= 11 is 0. The van der Waals surface area contributed by atoms with Gasteiger partial charge in [-0.25, -0.2) is 9.59 Å². The lowest BCUT2D eigenvalue weighted by Gasteiger charge is -2.28. The van der Waals surface area contributed by atoms with Gasteiger partial charge in [0.2, 0.25) is 0 Å². The molecule has 1 aromatic rings. The van der Waals surface area contributed by atoms with Crippen molar-refractivity contribution < 1.29 is 28.5 Å². The molecule has 146 valence electrons. The summed E-state index contributed by atoms with van der Waals surface area (Å²) in [6.07, 6.45) is -0.0804. The SMILES string of the molecule is CCOC(=O)C1=C(C)NC(=O)N[C@H]1c1ccc(OC[C@@H]2COCCO2)cc1. The summed E-state index contributed by atoms with van der Waals surface area (Å²) in [4.78, 5) is 24.2. The Hall–Kier alpha value is -2.58. The molecule has 3 rings (SSSR count). The Bertz CT molecular complexity index is 709. The molecule has 1 fully saturated rings. The van der Waals surface area contributed by atoms with Crippen LogP contribution in [0.15, 0.2) is 35.5 Å². The molecule has 2 heterocycles. The Morgan fingerprint density at radius 1 is 1.26 bits per heavy atom. The zero-order chi connectivity index (χ0) is 19.2. The van der Waals surface area contributed by atoms with Crippen LogP contribution in [0, 0.1) is 0 Å². The number of esters is 1. The van der Waals surface area contributed by atoms with Crippen molar-refractivity contribution >= 4 is 12.0 Å². The van der Waals surface area contributed by atoms with E-state index in [0.29, 0.717) is 43.4 Å². The third-order valence-corrected chi connectivity index (χ3v) is 4.30. The van der Waals surface area contributed by atoms with E-state index in [0.717, 1.165) is 5.56 Å². The maximum atomic E-state index is 12.3. The van der Waals surface area contributed by atoms with Gasteiger partial charge in [-0.05, 0) is 31.5 Å². The molecule has 1 saturated heterocycles. The topological polar surface area (TPSA) is 95.1 Å². The summed E-state index contributed by atoms with van der Waals surface area (Å²) < 4.78 is 21.8. The van der Waals surface area contributed by atoms with E-state index in [9.17, 15) is 9.59 Å². The van der Waals surface area contributed by atoms with Crippen molar-refractivity contribution in [2.45, 2.75) is 26.0 Å². The number of hydrogen-bond acceptors (Lipinski definition) is 6. The highest BCUT2D eigenvalue weighted by Gasteiger charge is 2.32. The molecular weight excluding hydrogens is 352 g/mol. The number of carbonyl (C=O) groups is 2. The highest BCUT2D eigenvalue weighted by Crippen LogP contribution is 2.28. The van der Waals surface area contributed by atoms with Gasteiger partial charge in [-0.15, -0.1) is 0 Å². The smallest absolute Gasteiger partial charge is 0.338 e. The molecule has 0 unspecified atom stereocenters. The average molecular weight is 376 g/mol. The maximum absolute atomic E-state index is 12.3. The van der Waals surface area contributed by atoms with Crippen LogP contribution < -0.4 is 15.4 Å². The number of rotatable bonds is 6. The number of carbonyl (C=O) groups excluding carboxylic acids is 2. The molecule has 8 nitrogen and oxygen atoms in total. The monoisotopic (exact) mass is 376 g/mol. The second-order valence-electron chi connectivity index (χ2n) is 6.24. The lowest BCUT2D eigenvalue weighted by molar-refractivity contribution is -0.139. The summed E-state index contributed by atoms with van der Waals surface area (Å²) in [5, 5.41) is 5.38. The van der Waals surface area contributed by atoms with Crippen LogP contribution in [-0.4, -0.2) is 51.1 Å². The number of nitrogens with one attached hydrogen (secondary N) is 2. The lowest BCUT2D eigenvalue weighted by Crippen LogP contribution is -2.45. The van der Waals surface area contributed by atoms with Gasteiger partial charge in [0.15, 0.2) is 0 Å². The van der Waals surface area contributed by atoms with Crippen LogP contribution >= 0.6 is 0 Å². The quantitative estimate of drug-likeness (QED) is 0.734. The number of amides is 2. The van der Waals surface area contributed by atoms with E-state index in [1.807, 2.05) is 12.1 Å². The standard InChI is InChI=1S/C19H24N2O6/c1-3-25-18(22)16-12(2)20-19(23)21-17(16)13-4-6-14(7-5-13)27-11-15-10-24-8-9-26-15/h4-7,15,17H,3,8-11H2,1-2H3,(H2,20,21,23)/t15-,17-/m0/s1. The molecule has 2 atom stereocenters. The number of urea groups is 1. The minimum absolute atomic E-state index is 0.0804. The second-order valence-corrected chi connectivity index (χ2v) is 6.24. The second kappa shape index (κ2) is 8.88. The van der Waals surface area contributed by atoms with Crippen molar-refractivity contribution in [1.82, 2.24) is 10.6 Å². The van der Waals surface area contributed by atoms with E-state index in [1.165, 1.54) is 0 Å². The Labute approximate surface area is 157 Å². The van der Waals surface area contributed by atoms with Crippen LogP contribution in [0.1, 0.15) is 25.5 Å². The van der Waals surface area contributed by atoms with E-state index in [-0.39, 0.29) is 18.7 Å². The number of ether oxygens (including phenoxy) is 4. The highest BCUT2D eigenvalue weighted by atomic mass is 16.6. The first-order chi connectivity index (χ1) is 13.1. The molecule has 2 aliphatic heterocycles. The molecule has 2 aliphatic rings. The molecule has 2 N–H and O–H groups in total. The first-order valence-electron chi connectivity index (χ1n) is 8.96. The first kappa shape index (κ1) is 19.2. The van der Waals surface area contributed by atoms with Gasteiger partial charge in [-0.2, -0.15) is 0 Å². The first-order valence-corrected chi connectivity index (χ1v) is 8.96. The summed E-state index contributed by atoms with van der Waals surface area (Å²) in [5.74, 6) is 0.217. The lowest BCUT2D eigenvalue weighted by atomic mass is 9.95. The van der Waals surface area contributed by atoms with E-state index in [4.69, 9.17) is 18.9 Å². The molecule has 8 heteroatoms. The van der Waals surface area contributed by atoms with E-state index < -0.39 is 12.0 Å². The predicted octanol–water partition coefficient (Wildman–Crippen LogP) is 1.67. The molecule has 27 heavy (non-hydrogen) atoms. The van der Waals surface area contributed by atoms with Crippen molar-refractivity contribution in [3.63, 3.8) is 0 Å². The molecule has 1 aromatic carbocycles. The third-order valence-electron chi connectivity index (χ3n) is 4.30. The Morgan fingerprint density at radius 3 is 2.70 bits per heavy atom. The molecule has 0 radical (unpaired) electrons. The van der Waals surface area contributed by atoms with Gasteiger partial charge in [0, 0.05) is 5.70 Å². The molecule has 0 spiro atoms. The van der Waals surface area contributed by atoms with Gasteiger partial charge in [0.1, 0.15) is 18.5 Å². The summed E-state index contributed by atoms with van der Waals surface area (Å²) in [5.41, 5.74) is 1.63. The van der Waals surface area contributed by atoms with Crippen LogP contribution in [0.5, 0.6) is 5.75 Å². The molecule has 0 saturated carbocycles. The normalized spacial score (nSPS) is 22.7. The van der Waals surface area contributed by atoms with Gasteiger partial charge < -0.3 is 29.6 Å². The minimum Gasteiger partial charge on any atom is -0.491 e.